The van der Waals surface area contributed by atoms with E-state index in [1.54, 1.807) is 0 Å². The van der Waals surface area contributed by atoms with Crippen molar-refractivity contribution in [3.63, 3.8) is 0 Å². The van der Waals surface area contributed by atoms with Crippen molar-refractivity contribution in [3.8, 4) is 0 Å². The minimum absolute atomic E-state index is 0.590. The molecule has 9 heteroatoms. The summed E-state index contributed by atoms with van der Waals surface area (Å²) < 4.78 is 7.35. The number of nitrogens with zero attached hydrogens (tertiary/aromatic N) is 5. The van der Waals surface area contributed by atoms with Crippen LogP contribution in [-0.4, -0.2) is 70.6 Å². The van der Waals surface area contributed by atoms with E-state index < -0.39 is 0 Å². The van der Waals surface area contributed by atoms with Crippen LogP contribution in [0.4, 0.5) is 17.5 Å². The van der Waals surface area contributed by atoms with Gasteiger partial charge in [-0.15, -0.1) is 0 Å². The molecule has 1 saturated heterocycles. The molecule has 0 radical (unpaired) electrons. The molecule has 4 rings (SSSR count). The van der Waals surface area contributed by atoms with Crippen LogP contribution < -0.4 is 16.4 Å². The summed E-state index contributed by atoms with van der Waals surface area (Å²) in [5, 5.41) is 11.1. The highest BCUT2D eigenvalue weighted by molar-refractivity contribution is 5.55. The Morgan fingerprint density at radius 3 is 2.82 bits per heavy atom. The Morgan fingerprint density at radius 1 is 1.18 bits per heavy atom. The van der Waals surface area contributed by atoms with E-state index in [1.165, 1.54) is 18.4 Å². The lowest BCUT2D eigenvalue weighted by Gasteiger charge is -2.26. The highest BCUT2D eigenvalue weighted by Gasteiger charge is 2.27. The summed E-state index contributed by atoms with van der Waals surface area (Å²) >= 11 is 0. The van der Waals surface area contributed by atoms with E-state index in [9.17, 15) is 0 Å². The molecule has 4 N–H and O–H groups in total. The molecule has 152 valence electrons. The first kappa shape index (κ1) is 19.1. The van der Waals surface area contributed by atoms with E-state index in [2.05, 4.69) is 25.6 Å². The zero-order valence-corrected chi connectivity index (χ0v) is 16.3. The zero-order chi connectivity index (χ0) is 19.2. The Labute approximate surface area is 165 Å². The van der Waals surface area contributed by atoms with Crippen LogP contribution in [0, 0.1) is 0 Å². The fraction of sp³-hybridized carbons (Fsp3) is 0.632. The molecule has 3 heterocycles. The normalized spacial score (nSPS) is 17.6. The fourth-order valence-electron chi connectivity index (χ4n) is 3.34. The maximum atomic E-state index is 5.61. The van der Waals surface area contributed by atoms with Gasteiger partial charge >= 0.3 is 0 Å². The van der Waals surface area contributed by atoms with E-state index in [-0.39, 0.29) is 0 Å². The highest BCUT2D eigenvalue weighted by Crippen LogP contribution is 2.42. The van der Waals surface area contributed by atoms with Crippen molar-refractivity contribution >= 4 is 17.5 Å². The molecule has 2 aliphatic rings. The van der Waals surface area contributed by atoms with Gasteiger partial charge in [0.25, 0.3) is 0 Å². The van der Waals surface area contributed by atoms with Crippen LogP contribution >= 0.6 is 0 Å². The fourth-order valence-corrected chi connectivity index (χ4v) is 3.34. The second kappa shape index (κ2) is 9.31. The molecular weight excluding hydrogens is 356 g/mol. The lowest BCUT2D eigenvalue weighted by atomic mass is 10.2. The van der Waals surface area contributed by atoms with Crippen LogP contribution in [0.5, 0.6) is 0 Å². The predicted octanol–water partition coefficient (Wildman–Crippen LogP) is 1.39. The Hall–Kier alpha value is -2.23. The van der Waals surface area contributed by atoms with Gasteiger partial charge in [-0.2, -0.15) is 10.1 Å². The lowest BCUT2D eigenvalue weighted by molar-refractivity contribution is 0.0360. The first-order valence-electron chi connectivity index (χ1n) is 10.2. The summed E-state index contributed by atoms with van der Waals surface area (Å²) in [5.74, 6) is 2.11. The van der Waals surface area contributed by atoms with Gasteiger partial charge < -0.3 is 21.1 Å². The lowest BCUT2D eigenvalue weighted by Crippen LogP contribution is -2.38. The molecule has 1 aliphatic heterocycles. The molecule has 9 nitrogen and oxygen atoms in total. The van der Waals surface area contributed by atoms with Crippen molar-refractivity contribution in [1.82, 2.24) is 24.6 Å². The number of morpholine rings is 1. The number of anilines is 3. The van der Waals surface area contributed by atoms with Crippen molar-refractivity contribution < 1.29 is 4.74 Å². The first-order valence-corrected chi connectivity index (χ1v) is 10.2. The third kappa shape index (κ3) is 5.18. The summed E-state index contributed by atoms with van der Waals surface area (Å²) in [7, 11) is 0. The number of aromatic nitrogens is 4. The number of rotatable bonds is 10. The highest BCUT2D eigenvalue weighted by atomic mass is 16.5. The van der Waals surface area contributed by atoms with Gasteiger partial charge in [0.15, 0.2) is 0 Å². The quantitative estimate of drug-likeness (QED) is 0.526. The predicted molar refractivity (Wildman–Crippen MR) is 109 cm³/mol. The van der Waals surface area contributed by atoms with Crippen molar-refractivity contribution in [2.24, 2.45) is 5.73 Å². The largest absolute Gasteiger partial charge is 0.379 e. The zero-order valence-electron chi connectivity index (χ0n) is 16.3. The monoisotopic (exact) mass is 386 g/mol. The average Bonchev–Trinajstić information content (AvgIpc) is 3.47. The van der Waals surface area contributed by atoms with E-state index in [4.69, 9.17) is 15.5 Å². The molecular formula is C19H30N8O. The van der Waals surface area contributed by atoms with Gasteiger partial charge in [0.05, 0.1) is 31.6 Å². The molecule has 0 spiro atoms. The topological polar surface area (TPSA) is 106 Å². The summed E-state index contributed by atoms with van der Waals surface area (Å²) in [6.45, 7) is 6.96. The van der Waals surface area contributed by atoms with Gasteiger partial charge in [0, 0.05) is 44.1 Å². The molecule has 0 unspecified atom stereocenters. The van der Waals surface area contributed by atoms with E-state index in [0.717, 1.165) is 63.9 Å². The first-order chi connectivity index (χ1) is 13.8. The number of ether oxygens (including phenoxy) is 1. The molecule has 2 aromatic rings. The molecule has 0 bridgehead atoms. The Balaban J connectivity index is 1.35. The average molecular weight is 387 g/mol. The molecule has 0 aromatic carbocycles. The summed E-state index contributed by atoms with van der Waals surface area (Å²) in [5.41, 5.74) is 7.71. The summed E-state index contributed by atoms with van der Waals surface area (Å²) in [4.78, 5) is 11.6. The maximum Gasteiger partial charge on any atom is 0.229 e. The second-order valence-corrected chi connectivity index (χ2v) is 7.41. The summed E-state index contributed by atoms with van der Waals surface area (Å²) in [6, 6.07) is 0. The third-order valence-electron chi connectivity index (χ3n) is 5.15. The molecule has 0 amide bonds. The number of hydrogen-bond acceptors (Lipinski definition) is 8. The third-order valence-corrected chi connectivity index (χ3v) is 5.15. The minimum Gasteiger partial charge on any atom is -0.379 e. The maximum absolute atomic E-state index is 5.61. The summed E-state index contributed by atoms with van der Waals surface area (Å²) in [6.07, 6.45) is 9.13. The van der Waals surface area contributed by atoms with Crippen LogP contribution in [0.15, 0.2) is 18.6 Å². The molecule has 2 aromatic heterocycles. The van der Waals surface area contributed by atoms with E-state index in [1.807, 2.05) is 23.3 Å². The number of nitrogens with one attached hydrogen (secondary N) is 2. The molecule has 28 heavy (non-hydrogen) atoms. The van der Waals surface area contributed by atoms with Gasteiger partial charge in [-0.25, -0.2) is 4.98 Å². The Bertz CT molecular complexity index is 754. The Morgan fingerprint density at radius 2 is 2.04 bits per heavy atom. The van der Waals surface area contributed by atoms with E-state index in [0.29, 0.717) is 18.4 Å². The van der Waals surface area contributed by atoms with E-state index >= 15 is 0 Å². The minimum atomic E-state index is 0.590. The smallest absolute Gasteiger partial charge is 0.229 e. The number of hydrogen-bond donors (Lipinski definition) is 3. The van der Waals surface area contributed by atoms with Crippen molar-refractivity contribution in [2.75, 3.05) is 56.6 Å². The van der Waals surface area contributed by atoms with Crippen LogP contribution in [0.25, 0.3) is 0 Å². The standard InChI is InChI=1S/C19H30N8O/c20-4-1-5-21-18-17(15-2-3-15)13-22-19(25-18)24-16-12-23-27(14-16)7-6-26-8-10-28-11-9-26/h12-15H,1-11,20H2,(H2,21,22,24,25). The van der Waals surface area contributed by atoms with Crippen LogP contribution in [0.2, 0.25) is 0 Å². The van der Waals surface area contributed by atoms with Crippen molar-refractivity contribution in [3.05, 3.63) is 24.2 Å². The molecule has 1 saturated carbocycles. The van der Waals surface area contributed by atoms with Crippen LogP contribution in [0.1, 0.15) is 30.7 Å². The van der Waals surface area contributed by atoms with Gasteiger partial charge in [-0.3, -0.25) is 9.58 Å². The van der Waals surface area contributed by atoms with Crippen LogP contribution in [-0.2, 0) is 11.3 Å². The molecule has 1 aliphatic carbocycles. The molecule has 2 fully saturated rings. The van der Waals surface area contributed by atoms with Crippen LogP contribution in [0.3, 0.4) is 0 Å². The van der Waals surface area contributed by atoms with Gasteiger partial charge in [0.2, 0.25) is 5.95 Å². The van der Waals surface area contributed by atoms with Crippen molar-refractivity contribution in [2.45, 2.75) is 31.7 Å². The molecule has 0 atom stereocenters. The number of nitrogens with two attached hydrogens (primary N) is 1. The van der Waals surface area contributed by atoms with Gasteiger partial charge in [-0.05, 0) is 31.7 Å². The van der Waals surface area contributed by atoms with Crippen molar-refractivity contribution in [1.29, 1.82) is 0 Å². The van der Waals surface area contributed by atoms with Gasteiger partial charge in [-0.1, -0.05) is 0 Å². The van der Waals surface area contributed by atoms with Gasteiger partial charge in [0.1, 0.15) is 5.82 Å². The SMILES string of the molecule is NCCCNc1nc(Nc2cnn(CCN3CCOCC3)c2)ncc1C1CC1. The second-order valence-electron chi connectivity index (χ2n) is 7.41. The Kier molecular flexibility index (Phi) is 6.35.